The molecule has 0 aromatic rings. The Morgan fingerprint density at radius 3 is 2.10 bits per heavy atom. The molecule has 0 aromatic heterocycles. The number of carbonyl (C=O) groups is 7. The summed E-state index contributed by atoms with van der Waals surface area (Å²) in [6.07, 6.45) is -0.00260. The van der Waals surface area contributed by atoms with Crippen molar-refractivity contribution >= 4 is 47.4 Å². The molecule has 5 atom stereocenters. The fourth-order valence-corrected chi connectivity index (χ4v) is 4.03. The number of rotatable bonds is 17. The number of guanidine groups is 1. The highest BCUT2D eigenvalue weighted by Crippen LogP contribution is 2.18. The number of carboxylic acids is 2. The van der Waals surface area contributed by atoms with Gasteiger partial charge in [0.2, 0.25) is 29.5 Å². The van der Waals surface area contributed by atoms with Crippen molar-refractivity contribution < 1.29 is 48.9 Å². The Morgan fingerprint density at radius 1 is 0.929 bits per heavy atom. The van der Waals surface area contributed by atoms with Crippen LogP contribution in [0.5, 0.6) is 0 Å². The smallest absolute Gasteiger partial charge is 0.326 e. The van der Waals surface area contributed by atoms with E-state index in [4.69, 9.17) is 17.2 Å². The third-order valence-corrected chi connectivity index (χ3v) is 6.16. The Balaban J connectivity index is 2.91. The molecule has 0 saturated carbocycles. The molecule has 0 spiro atoms. The average molecular weight is 602 g/mol. The van der Waals surface area contributed by atoms with Gasteiger partial charge in [0.25, 0.3) is 0 Å². The minimum absolute atomic E-state index is 0.0725. The summed E-state index contributed by atoms with van der Waals surface area (Å²) < 4.78 is 0. The van der Waals surface area contributed by atoms with Crippen molar-refractivity contribution in [1.29, 1.82) is 0 Å². The number of likely N-dealkylation sites (tertiary alicyclic amines) is 1. The average Bonchev–Trinajstić information content (AvgIpc) is 3.42. The molecule has 1 saturated heterocycles. The molecule has 19 nitrogen and oxygen atoms in total. The number of carbonyl (C=O) groups excluding carboxylic acids is 5. The van der Waals surface area contributed by atoms with E-state index in [1.54, 1.807) is 0 Å². The molecule has 1 fully saturated rings. The number of aliphatic carboxylic acids is 2. The normalized spacial score (nSPS) is 17.1. The van der Waals surface area contributed by atoms with Crippen LogP contribution in [0, 0.1) is 0 Å². The zero-order valence-electron chi connectivity index (χ0n) is 23.1. The summed E-state index contributed by atoms with van der Waals surface area (Å²) in [5, 5.41) is 37.3. The van der Waals surface area contributed by atoms with Crippen LogP contribution in [0.15, 0.2) is 4.99 Å². The molecule has 42 heavy (non-hydrogen) atoms. The van der Waals surface area contributed by atoms with Gasteiger partial charge in [-0.15, -0.1) is 0 Å². The summed E-state index contributed by atoms with van der Waals surface area (Å²) in [7, 11) is 0. The lowest BCUT2D eigenvalue weighted by Gasteiger charge is -2.28. The molecule has 0 radical (unpaired) electrons. The predicted octanol–water partition coefficient (Wildman–Crippen LogP) is -5.50. The van der Waals surface area contributed by atoms with E-state index < -0.39 is 91.3 Å². The Morgan fingerprint density at radius 2 is 1.55 bits per heavy atom. The van der Waals surface area contributed by atoms with E-state index in [0.717, 1.165) is 4.90 Å². The minimum atomic E-state index is -1.74. The highest BCUT2D eigenvalue weighted by Gasteiger charge is 2.38. The number of nitrogens with one attached hydrogen (secondary N) is 4. The second kappa shape index (κ2) is 17.3. The highest BCUT2D eigenvalue weighted by molar-refractivity contribution is 5.97. The first-order valence-corrected chi connectivity index (χ1v) is 13.0. The van der Waals surface area contributed by atoms with E-state index in [-0.39, 0.29) is 38.3 Å². The molecule has 1 rings (SSSR count). The molecule has 1 aliphatic heterocycles. The summed E-state index contributed by atoms with van der Waals surface area (Å²) in [4.78, 5) is 90.5. The van der Waals surface area contributed by atoms with E-state index in [1.807, 2.05) is 0 Å². The monoisotopic (exact) mass is 601 g/mol. The SMILES string of the molecule is C[C@H](NC(=O)[C@H](CCCN=C(N)N)NC(=O)CN)C(=O)N[C@H](CC(=O)O)C(=O)N[C@@H](CO)C(=O)N1CCC[C@@H]1C(=O)O. The number of hydrogen-bond acceptors (Lipinski definition) is 10. The zero-order chi connectivity index (χ0) is 32.0. The Labute approximate surface area is 240 Å². The fourth-order valence-electron chi connectivity index (χ4n) is 4.03. The first-order valence-electron chi connectivity index (χ1n) is 13.0. The Bertz CT molecular complexity index is 1050. The predicted molar refractivity (Wildman–Crippen MR) is 144 cm³/mol. The molecular weight excluding hydrogens is 562 g/mol. The van der Waals surface area contributed by atoms with Gasteiger partial charge in [-0.1, -0.05) is 0 Å². The van der Waals surface area contributed by atoms with Crippen molar-refractivity contribution in [2.75, 3.05) is 26.2 Å². The van der Waals surface area contributed by atoms with Gasteiger partial charge in [-0.05, 0) is 32.6 Å². The third kappa shape index (κ3) is 11.5. The summed E-state index contributed by atoms with van der Waals surface area (Å²) in [5.41, 5.74) is 15.8. The van der Waals surface area contributed by atoms with Crippen LogP contribution >= 0.6 is 0 Å². The number of hydrogen-bond donors (Lipinski definition) is 10. The molecule has 0 aromatic carbocycles. The van der Waals surface area contributed by atoms with Crippen LogP contribution in [0.4, 0.5) is 0 Å². The molecule has 236 valence electrons. The first-order chi connectivity index (χ1) is 19.7. The number of aliphatic hydroxyl groups is 1. The summed E-state index contributed by atoms with van der Waals surface area (Å²) in [5.74, 6) is -7.35. The number of amides is 5. The van der Waals surface area contributed by atoms with Gasteiger partial charge >= 0.3 is 11.9 Å². The number of carboxylic acid groups (broad SMARTS) is 2. The van der Waals surface area contributed by atoms with Gasteiger partial charge in [-0.3, -0.25) is 33.8 Å². The lowest BCUT2D eigenvalue weighted by Crippen LogP contribution is -2.59. The van der Waals surface area contributed by atoms with Gasteiger partial charge in [0.15, 0.2) is 5.96 Å². The molecular formula is C23H39N9O10. The zero-order valence-corrected chi connectivity index (χ0v) is 23.1. The van der Waals surface area contributed by atoms with Gasteiger partial charge < -0.3 is 58.7 Å². The quantitative estimate of drug-likeness (QED) is 0.0423. The van der Waals surface area contributed by atoms with Crippen molar-refractivity contribution in [3.8, 4) is 0 Å². The van der Waals surface area contributed by atoms with Crippen molar-refractivity contribution in [2.24, 2.45) is 22.2 Å². The highest BCUT2D eigenvalue weighted by atomic mass is 16.4. The van der Waals surface area contributed by atoms with Crippen molar-refractivity contribution in [2.45, 2.75) is 69.2 Å². The minimum Gasteiger partial charge on any atom is -0.481 e. The Hall–Kier alpha value is -4.52. The van der Waals surface area contributed by atoms with Crippen LogP contribution < -0.4 is 38.5 Å². The van der Waals surface area contributed by atoms with Crippen LogP contribution in [0.25, 0.3) is 0 Å². The molecule has 5 amide bonds. The molecule has 1 aliphatic rings. The lowest BCUT2D eigenvalue weighted by atomic mass is 10.1. The van der Waals surface area contributed by atoms with E-state index >= 15 is 0 Å². The maximum atomic E-state index is 12.9. The van der Waals surface area contributed by atoms with E-state index in [2.05, 4.69) is 26.3 Å². The maximum absolute atomic E-state index is 12.9. The number of nitrogens with zero attached hydrogens (tertiary/aromatic N) is 2. The second-order valence-corrected chi connectivity index (χ2v) is 9.43. The maximum Gasteiger partial charge on any atom is 0.326 e. The standard InChI is InChI=1S/C23H39N9O10/c1-11(28-19(38)12(29-16(34)9-24)4-2-6-27-23(25)26)18(37)30-13(8-17(35)36)20(39)31-14(10-33)21(40)32-7-3-5-15(32)22(41)42/h11-15,33H,2-10,24H2,1H3,(H,28,38)(H,29,34)(H,30,37)(H,31,39)(H,35,36)(H,41,42)(H4,25,26,27)/t11-,12-,13+,14-,15+/m0/s1. The van der Waals surface area contributed by atoms with Crippen molar-refractivity contribution in [3.05, 3.63) is 0 Å². The van der Waals surface area contributed by atoms with Crippen LogP contribution in [-0.4, -0.2) is 124 Å². The van der Waals surface area contributed by atoms with Crippen LogP contribution in [0.2, 0.25) is 0 Å². The molecule has 13 N–H and O–H groups in total. The van der Waals surface area contributed by atoms with Crippen LogP contribution in [-0.2, 0) is 33.6 Å². The summed E-state index contributed by atoms with van der Waals surface area (Å²) >= 11 is 0. The molecule has 0 bridgehead atoms. The Kier molecular flexibility index (Phi) is 14.6. The second-order valence-electron chi connectivity index (χ2n) is 9.43. The van der Waals surface area contributed by atoms with E-state index in [9.17, 15) is 48.9 Å². The molecule has 0 aliphatic carbocycles. The van der Waals surface area contributed by atoms with E-state index in [0.29, 0.717) is 6.42 Å². The van der Waals surface area contributed by atoms with Gasteiger partial charge in [-0.2, -0.15) is 0 Å². The number of aliphatic hydroxyl groups excluding tert-OH is 1. The molecule has 1 heterocycles. The summed E-state index contributed by atoms with van der Waals surface area (Å²) in [6, 6.07) is -6.94. The first kappa shape index (κ1) is 35.5. The molecule has 0 unspecified atom stereocenters. The molecule has 19 heteroatoms. The largest absolute Gasteiger partial charge is 0.481 e. The number of nitrogens with two attached hydrogens (primary N) is 3. The van der Waals surface area contributed by atoms with Gasteiger partial charge in [-0.25, -0.2) is 4.79 Å². The lowest BCUT2D eigenvalue weighted by molar-refractivity contribution is -0.150. The van der Waals surface area contributed by atoms with Crippen molar-refractivity contribution in [1.82, 2.24) is 26.2 Å². The van der Waals surface area contributed by atoms with E-state index in [1.165, 1.54) is 6.92 Å². The van der Waals surface area contributed by atoms with Crippen LogP contribution in [0.1, 0.15) is 39.0 Å². The van der Waals surface area contributed by atoms with Crippen LogP contribution in [0.3, 0.4) is 0 Å². The third-order valence-electron chi connectivity index (χ3n) is 6.16. The van der Waals surface area contributed by atoms with Gasteiger partial charge in [0.05, 0.1) is 19.6 Å². The van der Waals surface area contributed by atoms with Gasteiger partial charge in [0.1, 0.15) is 30.2 Å². The fraction of sp³-hybridized carbons (Fsp3) is 0.652. The number of aliphatic imine (C=N–C) groups is 1. The topological polar surface area (TPSA) is 322 Å². The van der Waals surface area contributed by atoms with Gasteiger partial charge in [0, 0.05) is 13.1 Å². The van der Waals surface area contributed by atoms with Crippen molar-refractivity contribution in [3.63, 3.8) is 0 Å². The summed E-state index contributed by atoms with van der Waals surface area (Å²) in [6.45, 7) is 0.135.